The molecule has 62 heavy (non-hydrogen) atoms. The summed E-state index contributed by atoms with van der Waals surface area (Å²) < 4.78 is 48.7. The van der Waals surface area contributed by atoms with E-state index in [0.29, 0.717) is 0 Å². The van der Waals surface area contributed by atoms with E-state index in [-0.39, 0.29) is 66.6 Å². The fraction of sp³-hybridized carbons (Fsp3) is 0.310. The van der Waals surface area contributed by atoms with E-state index in [1.807, 2.05) is 48.5 Å². The van der Waals surface area contributed by atoms with E-state index in [1.165, 1.54) is 30.3 Å². The maximum atomic E-state index is 13.8. The Balaban J connectivity index is 1.25. The van der Waals surface area contributed by atoms with Crippen LogP contribution in [0.5, 0.6) is 5.75 Å². The maximum absolute atomic E-state index is 13.8. The summed E-state index contributed by atoms with van der Waals surface area (Å²) in [5.41, 5.74) is 9.76. The van der Waals surface area contributed by atoms with Gasteiger partial charge in [0.05, 0.1) is 10.7 Å². The average Bonchev–Trinajstić information content (AvgIpc) is 3.54. The minimum atomic E-state index is -4.45. The fourth-order valence-corrected chi connectivity index (χ4v) is 7.27. The van der Waals surface area contributed by atoms with E-state index in [0.717, 1.165) is 34.4 Å². The molecule has 0 aromatic heterocycles. The number of carbonyl (C=O) groups is 5. The van der Waals surface area contributed by atoms with Crippen LogP contribution in [0.1, 0.15) is 54.9 Å². The average molecular weight is 875 g/mol. The number of primary amides is 1. The number of nitrogens with one attached hydrogen (secondary N) is 4. The number of nitro benzene ring substituents is 1. The van der Waals surface area contributed by atoms with E-state index in [2.05, 4.69) is 21.3 Å². The van der Waals surface area contributed by atoms with Gasteiger partial charge in [0, 0.05) is 30.3 Å². The monoisotopic (exact) mass is 874 g/mol. The highest BCUT2D eigenvalue weighted by Gasteiger charge is 2.32. The van der Waals surface area contributed by atoms with Crippen molar-refractivity contribution in [1.82, 2.24) is 16.0 Å². The van der Waals surface area contributed by atoms with Gasteiger partial charge in [0.2, 0.25) is 11.8 Å². The van der Waals surface area contributed by atoms with Crippen LogP contribution in [0.15, 0.2) is 91.0 Å². The molecular formula is C42H46N6O13S. The summed E-state index contributed by atoms with van der Waals surface area (Å²) >= 11 is 0. The zero-order valence-corrected chi connectivity index (χ0v) is 34.5. The van der Waals surface area contributed by atoms with Gasteiger partial charge in [0.15, 0.2) is 0 Å². The van der Waals surface area contributed by atoms with Gasteiger partial charge in [-0.1, -0.05) is 68.4 Å². The third kappa shape index (κ3) is 13.0. The lowest BCUT2D eigenvalue weighted by Gasteiger charge is -2.25. The Morgan fingerprint density at radius 2 is 1.50 bits per heavy atom. The molecular weight excluding hydrogens is 829 g/mol. The van der Waals surface area contributed by atoms with Gasteiger partial charge in [-0.3, -0.25) is 24.3 Å². The van der Waals surface area contributed by atoms with E-state index in [9.17, 15) is 47.1 Å². The van der Waals surface area contributed by atoms with Crippen molar-refractivity contribution < 1.29 is 56.1 Å². The molecule has 0 fully saturated rings. The van der Waals surface area contributed by atoms with Crippen molar-refractivity contribution in [2.45, 2.75) is 57.7 Å². The Labute approximate surface area is 356 Å². The van der Waals surface area contributed by atoms with Gasteiger partial charge in [-0.15, -0.1) is 0 Å². The molecule has 4 aromatic rings. The number of carbonyl (C=O) groups excluding carboxylic acids is 5. The third-order valence-corrected chi connectivity index (χ3v) is 10.6. The van der Waals surface area contributed by atoms with E-state index < -0.39 is 75.5 Å². The first-order chi connectivity index (χ1) is 29.5. The summed E-state index contributed by atoms with van der Waals surface area (Å²) in [6.45, 7) is 3.05. The maximum Gasteiger partial charge on any atom is 0.514 e. The lowest BCUT2D eigenvalue weighted by atomic mass is 9.98. The molecule has 5 amide bonds. The molecule has 7 N–H and O–H groups in total. The highest BCUT2D eigenvalue weighted by Crippen LogP contribution is 2.44. The number of fused-ring (bicyclic) bond motifs is 3. The molecule has 0 aliphatic heterocycles. The molecule has 0 unspecified atom stereocenters. The molecule has 1 aliphatic carbocycles. The number of nitrogens with two attached hydrogens (primary N) is 1. The fourth-order valence-electron chi connectivity index (χ4n) is 6.79. The highest BCUT2D eigenvalue weighted by molar-refractivity contribution is 7.85. The van der Waals surface area contributed by atoms with Gasteiger partial charge in [0.1, 0.15) is 31.0 Å². The quantitative estimate of drug-likeness (QED) is 0.0177. The summed E-state index contributed by atoms with van der Waals surface area (Å²) in [4.78, 5) is 74.7. The van der Waals surface area contributed by atoms with Crippen molar-refractivity contribution in [1.29, 1.82) is 0 Å². The summed E-state index contributed by atoms with van der Waals surface area (Å²) in [6.07, 6.45) is -2.08. The van der Waals surface area contributed by atoms with Crippen LogP contribution >= 0.6 is 0 Å². The molecule has 0 saturated carbocycles. The van der Waals surface area contributed by atoms with Gasteiger partial charge < -0.3 is 41.2 Å². The Bertz CT molecular complexity index is 2360. The second-order valence-electron chi connectivity index (χ2n) is 14.6. The lowest BCUT2D eigenvalue weighted by Crippen LogP contribution is -2.54. The zero-order valence-electron chi connectivity index (χ0n) is 33.7. The molecule has 4 aromatic carbocycles. The minimum absolute atomic E-state index is 0.00597. The number of hydrogen-bond donors (Lipinski definition) is 6. The second-order valence-corrected chi connectivity index (χ2v) is 16.2. The van der Waals surface area contributed by atoms with Crippen LogP contribution in [0.4, 0.5) is 25.8 Å². The van der Waals surface area contributed by atoms with Gasteiger partial charge >= 0.3 is 18.3 Å². The summed E-state index contributed by atoms with van der Waals surface area (Å²) in [6, 6.07) is 21.4. The number of aryl methyl sites for hydroxylation is 1. The zero-order chi connectivity index (χ0) is 45.0. The first-order valence-electron chi connectivity index (χ1n) is 19.4. The van der Waals surface area contributed by atoms with Gasteiger partial charge in [-0.05, 0) is 82.8 Å². The van der Waals surface area contributed by atoms with Crippen LogP contribution in [0.2, 0.25) is 0 Å². The van der Waals surface area contributed by atoms with Crippen molar-refractivity contribution in [2.24, 2.45) is 11.7 Å². The Hall–Kier alpha value is -7.06. The number of ether oxygens (including phenoxy) is 3. The molecule has 0 bridgehead atoms. The number of amides is 5. The van der Waals surface area contributed by atoms with Crippen LogP contribution in [0.3, 0.4) is 0 Å². The number of alkyl carbamates (subject to hydrolysis) is 1. The first kappa shape index (κ1) is 46.0. The number of rotatable bonds is 19. The topological polar surface area (TPSA) is 285 Å². The van der Waals surface area contributed by atoms with Crippen LogP contribution in [0.25, 0.3) is 11.1 Å². The molecule has 5 rings (SSSR count). The minimum Gasteiger partial charge on any atom is -0.449 e. The molecule has 328 valence electrons. The van der Waals surface area contributed by atoms with Crippen molar-refractivity contribution in [3.05, 3.63) is 123 Å². The lowest BCUT2D eigenvalue weighted by molar-refractivity contribution is -0.384. The van der Waals surface area contributed by atoms with Crippen molar-refractivity contribution in [2.75, 3.05) is 24.2 Å². The summed E-state index contributed by atoms with van der Waals surface area (Å²) in [7, 11) is -4.45. The first-order valence-corrected chi connectivity index (χ1v) is 21.0. The number of nitrogens with zero attached hydrogens (tertiary/aromatic N) is 1. The van der Waals surface area contributed by atoms with Crippen LogP contribution < -0.4 is 31.7 Å². The molecule has 0 saturated heterocycles. The number of anilines is 1. The van der Waals surface area contributed by atoms with E-state index in [4.69, 9.17) is 19.9 Å². The Morgan fingerprint density at radius 1 is 0.855 bits per heavy atom. The van der Waals surface area contributed by atoms with E-state index >= 15 is 0 Å². The summed E-state index contributed by atoms with van der Waals surface area (Å²) in [5.74, 6) is -2.84. The number of benzene rings is 4. The smallest absolute Gasteiger partial charge is 0.449 e. The molecule has 0 radical (unpaired) electrons. The largest absolute Gasteiger partial charge is 0.514 e. The molecule has 0 spiro atoms. The number of nitro groups is 1. The molecule has 20 heteroatoms. The molecule has 2 atom stereocenters. The van der Waals surface area contributed by atoms with Crippen LogP contribution in [-0.2, 0) is 42.2 Å². The predicted molar refractivity (Wildman–Crippen MR) is 225 cm³/mol. The van der Waals surface area contributed by atoms with E-state index in [1.54, 1.807) is 13.8 Å². The number of hydrogen-bond acceptors (Lipinski definition) is 12. The highest BCUT2D eigenvalue weighted by atomic mass is 32.2. The van der Waals surface area contributed by atoms with Gasteiger partial charge in [-0.25, -0.2) is 14.4 Å². The summed E-state index contributed by atoms with van der Waals surface area (Å²) in [5, 5.41) is 21.3. The van der Waals surface area contributed by atoms with Gasteiger partial charge in [-0.2, -0.15) is 8.42 Å². The van der Waals surface area contributed by atoms with Crippen molar-refractivity contribution in [3.8, 4) is 16.9 Å². The van der Waals surface area contributed by atoms with Crippen LogP contribution in [-0.4, -0.2) is 79.0 Å². The predicted octanol–water partition coefficient (Wildman–Crippen LogP) is 5.18. The number of urea groups is 1. The van der Waals surface area contributed by atoms with Crippen molar-refractivity contribution in [3.63, 3.8) is 0 Å². The second kappa shape index (κ2) is 21.0. The normalized spacial score (nSPS) is 12.8. The van der Waals surface area contributed by atoms with Crippen molar-refractivity contribution >= 4 is 51.6 Å². The van der Waals surface area contributed by atoms with Crippen LogP contribution in [0, 0.1) is 16.0 Å². The van der Waals surface area contributed by atoms with Gasteiger partial charge in [0.25, 0.3) is 15.8 Å². The molecule has 1 aliphatic rings. The molecule has 0 heterocycles. The Morgan fingerprint density at radius 3 is 2.10 bits per heavy atom. The number of non-ortho nitro benzene ring substituents is 1. The Kier molecular flexibility index (Phi) is 15.6. The third-order valence-electron chi connectivity index (χ3n) is 9.87. The SMILES string of the molecule is CC(C)[C@H](NC(=O)OCC1c2ccccc2-c2ccccc21)C(=O)N[C@@H](CCCNC(N)=O)C(=O)Nc1ccc(COC(=O)Oc2ccc([N+](=O)[O-])cc2)c(CCS(=O)(=O)O)c1. The standard InChI is InChI=1S/C42H46N6O13S/c1-25(2)37(47-41(52)59-24-35-33-10-5-3-8-31(33)32-9-4-6-11-34(32)35)39(50)46-36(12-7-20-44-40(43)51)38(49)45-28-14-13-27(26(22-28)19-21-62(56,57)58)23-60-42(53)61-30-17-15-29(16-18-30)48(54)55/h3-6,8-11,13-18,22,25,35-37H,7,12,19-21,23-24H2,1-2H3,(H,45,49)(H,46,50)(H,47,52)(H3,43,44,51)(H,56,57,58)/t36-,37-/m0/s1. The molecule has 19 nitrogen and oxygen atoms in total.